The number of benzene rings is 2. The third kappa shape index (κ3) is 5.33. The van der Waals surface area contributed by atoms with Gasteiger partial charge in [-0.15, -0.1) is 0 Å². The lowest BCUT2D eigenvalue weighted by Gasteiger charge is -2.11. The summed E-state index contributed by atoms with van der Waals surface area (Å²) in [5.74, 6) is 0.745. The molecule has 28 heavy (non-hydrogen) atoms. The van der Waals surface area contributed by atoms with Crippen LogP contribution in [0.2, 0.25) is 0 Å². The Labute approximate surface area is 165 Å². The summed E-state index contributed by atoms with van der Waals surface area (Å²) in [7, 11) is 1.68. The van der Waals surface area contributed by atoms with Crippen molar-refractivity contribution in [2.45, 2.75) is 19.9 Å². The number of nitrogens with zero attached hydrogens (tertiary/aromatic N) is 1. The van der Waals surface area contributed by atoms with Gasteiger partial charge in [0.25, 0.3) is 5.91 Å². The summed E-state index contributed by atoms with van der Waals surface area (Å²) in [5.41, 5.74) is 4.74. The van der Waals surface area contributed by atoms with E-state index in [1.165, 1.54) is 5.56 Å². The van der Waals surface area contributed by atoms with Crippen LogP contribution in [0, 0.1) is 6.92 Å². The third-order valence-electron chi connectivity index (χ3n) is 4.45. The van der Waals surface area contributed by atoms with E-state index in [1.807, 2.05) is 55.5 Å². The number of aryl methyl sites for hydroxylation is 1. The van der Waals surface area contributed by atoms with E-state index in [0.29, 0.717) is 12.1 Å². The van der Waals surface area contributed by atoms with Crippen molar-refractivity contribution in [1.82, 2.24) is 10.3 Å². The summed E-state index contributed by atoms with van der Waals surface area (Å²) in [6, 6.07) is 17.9. The van der Waals surface area contributed by atoms with Crippen molar-refractivity contribution in [3.63, 3.8) is 0 Å². The van der Waals surface area contributed by atoms with E-state index in [-0.39, 0.29) is 5.91 Å². The largest absolute Gasteiger partial charge is 0.496 e. The fourth-order valence-electron chi connectivity index (χ4n) is 3.02. The van der Waals surface area contributed by atoms with Crippen LogP contribution in [0.25, 0.3) is 0 Å². The SMILES string of the molecule is COc1ccccc1CCNc1cncc(C(=O)NCc2cccc(C)c2)c1. The number of para-hydroxylation sites is 1. The number of rotatable bonds is 8. The Morgan fingerprint density at radius 3 is 2.75 bits per heavy atom. The fraction of sp³-hybridized carbons (Fsp3) is 0.217. The summed E-state index contributed by atoms with van der Waals surface area (Å²) in [5, 5.41) is 6.27. The predicted molar refractivity (Wildman–Crippen MR) is 112 cm³/mol. The molecular formula is C23H25N3O2. The van der Waals surface area contributed by atoms with E-state index in [2.05, 4.69) is 21.7 Å². The lowest BCUT2D eigenvalue weighted by molar-refractivity contribution is 0.0950. The van der Waals surface area contributed by atoms with E-state index in [1.54, 1.807) is 19.5 Å². The first kappa shape index (κ1) is 19.4. The van der Waals surface area contributed by atoms with E-state index in [9.17, 15) is 4.79 Å². The van der Waals surface area contributed by atoms with Crippen molar-refractivity contribution in [2.24, 2.45) is 0 Å². The number of hydrogen-bond acceptors (Lipinski definition) is 4. The first-order valence-corrected chi connectivity index (χ1v) is 9.30. The minimum atomic E-state index is -0.137. The van der Waals surface area contributed by atoms with Crippen LogP contribution in [-0.2, 0) is 13.0 Å². The number of anilines is 1. The molecule has 0 bridgehead atoms. The lowest BCUT2D eigenvalue weighted by atomic mass is 10.1. The summed E-state index contributed by atoms with van der Waals surface area (Å²) in [6.45, 7) is 3.25. The molecule has 1 aromatic heterocycles. The molecule has 0 aliphatic rings. The van der Waals surface area contributed by atoms with Crippen LogP contribution < -0.4 is 15.4 Å². The van der Waals surface area contributed by atoms with Gasteiger partial charge in [-0.2, -0.15) is 0 Å². The maximum Gasteiger partial charge on any atom is 0.253 e. The van der Waals surface area contributed by atoms with E-state index < -0.39 is 0 Å². The topological polar surface area (TPSA) is 63.2 Å². The Hall–Kier alpha value is -3.34. The molecule has 0 saturated carbocycles. The minimum absolute atomic E-state index is 0.137. The highest BCUT2D eigenvalue weighted by Crippen LogP contribution is 2.18. The number of nitrogens with one attached hydrogen (secondary N) is 2. The Balaban J connectivity index is 1.55. The van der Waals surface area contributed by atoms with Crippen molar-refractivity contribution < 1.29 is 9.53 Å². The fourth-order valence-corrected chi connectivity index (χ4v) is 3.02. The van der Waals surface area contributed by atoms with Gasteiger partial charge in [0, 0.05) is 25.5 Å². The van der Waals surface area contributed by atoms with Crippen LogP contribution in [-0.4, -0.2) is 24.5 Å². The number of ether oxygens (including phenoxy) is 1. The number of hydrogen-bond donors (Lipinski definition) is 2. The summed E-state index contributed by atoms with van der Waals surface area (Å²) >= 11 is 0. The first-order valence-electron chi connectivity index (χ1n) is 9.30. The van der Waals surface area contributed by atoms with Crippen molar-refractivity contribution in [2.75, 3.05) is 19.0 Å². The number of pyridine rings is 1. The molecule has 0 spiro atoms. The Kier molecular flexibility index (Phi) is 6.63. The molecule has 1 amide bonds. The zero-order valence-electron chi connectivity index (χ0n) is 16.2. The van der Waals surface area contributed by atoms with Crippen LogP contribution in [0.5, 0.6) is 5.75 Å². The third-order valence-corrected chi connectivity index (χ3v) is 4.45. The van der Waals surface area contributed by atoms with Crippen molar-refractivity contribution in [3.8, 4) is 5.75 Å². The molecule has 2 N–H and O–H groups in total. The van der Waals surface area contributed by atoms with E-state index in [4.69, 9.17) is 4.74 Å². The van der Waals surface area contributed by atoms with Gasteiger partial charge in [0.2, 0.25) is 0 Å². The summed E-state index contributed by atoms with van der Waals surface area (Å²) in [4.78, 5) is 16.6. The zero-order chi connectivity index (χ0) is 19.8. The molecular weight excluding hydrogens is 350 g/mol. The standard InChI is InChI=1S/C23H25N3O2/c1-17-6-5-7-18(12-17)14-26-23(27)20-13-21(16-24-15-20)25-11-10-19-8-3-4-9-22(19)28-2/h3-9,12-13,15-16,25H,10-11,14H2,1-2H3,(H,26,27). The van der Waals surface area contributed by atoms with Crippen LogP contribution in [0.4, 0.5) is 5.69 Å². The van der Waals surface area contributed by atoms with Gasteiger partial charge in [-0.05, 0) is 36.6 Å². The molecule has 0 unspecified atom stereocenters. The number of methoxy groups -OCH3 is 1. The lowest BCUT2D eigenvalue weighted by Crippen LogP contribution is -2.23. The average molecular weight is 375 g/mol. The smallest absolute Gasteiger partial charge is 0.253 e. The molecule has 5 nitrogen and oxygen atoms in total. The molecule has 2 aromatic carbocycles. The highest BCUT2D eigenvalue weighted by Gasteiger charge is 2.07. The van der Waals surface area contributed by atoms with E-state index in [0.717, 1.165) is 35.5 Å². The Morgan fingerprint density at radius 2 is 1.93 bits per heavy atom. The average Bonchev–Trinajstić information content (AvgIpc) is 2.72. The van der Waals surface area contributed by atoms with E-state index >= 15 is 0 Å². The second-order valence-corrected chi connectivity index (χ2v) is 6.62. The van der Waals surface area contributed by atoms with Crippen LogP contribution in [0.15, 0.2) is 67.0 Å². The summed E-state index contributed by atoms with van der Waals surface area (Å²) in [6.07, 6.45) is 4.12. The predicted octanol–water partition coefficient (Wildman–Crippen LogP) is 3.98. The highest BCUT2D eigenvalue weighted by atomic mass is 16.5. The molecule has 0 saturated heterocycles. The number of carbonyl (C=O) groups excluding carboxylic acids is 1. The number of carbonyl (C=O) groups is 1. The Bertz CT molecular complexity index is 940. The molecule has 3 rings (SSSR count). The molecule has 0 radical (unpaired) electrons. The van der Waals surface area contributed by atoms with Gasteiger partial charge in [-0.25, -0.2) is 0 Å². The second-order valence-electron chi connectivity index (χ2n) is 6.62. The monoisotopic (exact) mass is 375 g/mol. The van der Waals surface area contributed by atoms with Gasteiger partial charge < -0.3 is 15.4 Å². The number of amides is 1. The second kappa shape index (κ2) is 9.55. The summed E-state index contributed by atoms with van der Waals surface area (Å²) < 4.78 is 5.38. The molecule has 144 valence electrons. The first-order chi connectivity index (χ1) is 13.7. The minimum Gasteiger partial charge on any atom is -0.496 e. The Morgan fingerprint density at radius 1 is 1.07 bits per heavy atom. The molecule has 5 heteroatoms. The van der Waals surface area contributed by atoms with Gasteiger partial charge in [0.15, 0.2) is 0 Å². The van der Waals surface area contributed by atoms with Crippen LogP contribution in [0.3, 0.4) is 0 Å². The van der Waals surface area contributed by atoms with Crippen LogP contribution >= 0.6 is 0 Å². The van der Waals surface area contributed by atoms with Gasteiger partial charge >= 0.3 is 0 Å². The quantitative estimate of drug-likeness (QED) is 0.625. The van der Waals surface area contributed by atoms with Crippen molar-refractivity contribution >= 4 is 11.6 Å². The molecule has 1 heterocycles. The van der Waals surface area contributed by atoms with Crippen molar-refractivity contribution in [1.29, 1.82) is 0 Å². The zero-order valence-corrected chi connectivity index (χ0v) is 16.2. The number of aromatic nitrogens is 1. The van der Waals surface area contributed by atoms with Crippen molar-refractivity contribution in [3.05, 3.63) is 89.2 Å². The highest BCUT2D eigenvalue weighted by molar-refractivity contribution is 5.94. The maximum absolute atomic E-state index is 12.4. The molecule has 0 atom stereocenters. The maximum atomic E-state index is 12.4. The molecule has 0 aliphatic carbocycles. The van der Waals surface area contributed by atoms with Gasteiger partial charge in [-0.1, -0.05) is 48.0 Å². The molecule has 3 aromatic rings. The van der Waals surface area contributed by atoms with Gasteiger partial charge in [-0.3, -0.25) is 9.78 Å². The van der Waals surface area contributed by atoms with Gasteiger partial charge in [0.05, 0.1) is 18.4 Å². The van der Waals surface area contributed by atoms with Gasteiger partial charge in [0.1, 0.15) is 5.75 Å². The molecule has 0 fully saturated rings. The van der Waals surface area contributed by atoms with Crippen LogP contribution in [0.1, 0.15) is 27.0 Å². The normalized spacial score (nSPS) is 10.4. The molecule has 0 aliphatic heterocycles.